The van der Waals surface area contributed by atoms with Crippen LogP contribution in [-0.4, -0.2) is 23.3 Å². The molecule has 0 amide bonds. The Balaban J connectivity index is 2.50. The second kappa shape index (κ2) is 5.44. The predicted molar refractivity (Wildman–Crippen MR) is 72.5 cm³/mol. The van der Waals surface area contributed by atoms with Crippen molar-refractivity contribution in [3.05, 3.63) is 33.9 Å². The van der Waals surface area contributed by atoms with E-state index in [1.807, 2.05) is 19.1 Å². The van der Waals surface area contributed by atoms with Gasteiger partial charge in [0.05, 0.1) is 7.11 Å². The zero-order valence-corrected chi connectivity index (χ0v) is 12.0. The van der Waals surface area contributed by atoms with Crippen molar-refractivity contribution in [3.63, 3.8) is 0 Å². The monoisotopic (exact) mass is 325 g/mol. The molecule has 0 saturated carbocycles. The first-order valence-corrected chi connectivity index (χ1v) is 6.43. The summed E-state index contributed by atoms with van der Waals surface area (Å²) in [6.45, 7) is 2.01. The van der Waals surface area contributed by atoms with Gasteiger partial charge in [-0.05, 0) is 46.1 Å². The van der Waals surface area contributed by atoms with Crippen LogP contribution in [0, 0.1) is 0 Å². The molecule has 0 unspecified atom stereocenters. The van der Waals surface area contributed by atoms with Crippen LogP contribution < -0.4 is 4.74 Å². The summed E-state index contributed by atoms with van der Waals surface area (Å²) in [4.78, 5) is 10.9. The molecule has 0 aliphatic carbocycles. The van der Waals surface area contributed by atoms with Gasteiger partial charge in [0.1, 0.15) is 10.2 Å². The highest BCUT2D eigenvalue weighted by atomic mass is 79.9. The van der Waals surface area contributed by atoms with E-state index < -0.39 is 5.97 Å². The highest BCUT2D eigenvalue weighted by Crippen LogP contribution is 2.33. The SMILES string of the molecule is CCc1cc(-c2onc(C(=O)O)c2Br)ccc1OC. The molecule has 0 bridgehead atoms. The molecule has 0 spiro atoms. The summed E-state index contributed by atoms with van der Waals surface area (Å²) < 4.78 is 10.7. The van der Waals surface area contributed by atoms with Gasteiger partial charge in [0.2, 0.25) is 5.69 Å². The smallest absolute Gasteiger partial charge is 0.359 e. The molecule has 0 aliphatic heterocycles. The van der Waals surface area contributed by atoms with Crippen LogP contribution >= 0.6 is 15.9 Å². The predicted octanol–water partition coefficient (Wildman–Crippen LogP) is 3.37. The molecule has 2 aromatic rings. The van der Waals surface area contributed by atoms with Crippen LogP contribution in [0.3, 0.4) is 0 Å². The average Bonchev–Trinajstić information content (AvgIpc) is 2.80. The third kappa shape index (κ3) is 2.49. The first kappa shape index (κ1) is 13.6. The maximum atomic E-state index is 10.9. The van der Waals surface area contributed by atoms with Crippen LogP contribution in [0.1, 0.15) is 23.0 Å². The molecule has 1 aromatic heterocycles. The molecule has 0 radical (unpaired) electrons. The van der Waals surface area contributed by atoms with E-state index in [9.17, 15) is 4.79 Å². The molecule has 6 heteroatoms. The molecule has 0 saturated heterocycles. The Kier molecular flexibility index (Phi) is 3.90. The van der Waals surface area contributed by atoms with Crippen molar-refractivity contribution in [1.29, 1.82) is 0 Å². The van der Waals surface area contributed by atoms with Crippen molar-refractivity contribution in [3.8, 4) is 17.1 Å². The number of halogens is 1. The highest BCUT2D eigenvalue weighted by Gasteiger charge is 2.21. The Labute approximate surface area is 118 Å². The standard InChI is InChI=1S/C13H12BrNO4/c1-3-7-6-8(4-5-9(7)18-2)12-10(14)11(13(16)17)15-19-12/h4-6H,3H2,1-2H3,(H,16,17). The summed E-state index contributed by atoms with van der Waals surface area (Å²) in [6.07, 6.45) is 0.800. The number of carbonyl (C=O) groups is 1. The van der Waals surface area contributed by atoms with Gasteiger partial charge in [-0.2, -0.15) is 0 Å². The number of ether oxygens (including phenoxy) is 1. The van der Waals surface area contributed by atoms with Gasteiger partial charge in [-0.1, -0.05) is 12.1 Å². The Hall–Kier alpha value is -1.82. The topological polar surface area (TPSA) is 72.6 Å². The largest absolute Gasteiger partial charge is 0.496 e. The number of benzene rings is 1. The minimum Gasteiger partial charge on any atom is -0.496 e. The molecule has 1 aromatic carbocycles. The van der Waals surface area contributed by atoms with Gasteiger partial charge >= 0.3 is 5.97 Å². The second-order valence-electron chi connectivity index (χ2n) is 3.86. The molecule has 2 rings (SSSR count). The quantitative estimate of drug-likeness (QED) is 0.932. The summed E-state index contributed by atoms with van der Waals surface area (Å²) in [6, 6.07) is 5.52. The van der Waals surface area contributed by atoms with Gasteiger partial charge < -0.3 is 14.4 Å². The summed E-state index contributed by atoms with van der Waals surface area (Å²) in [5.74, 6) is 0.0567. The Morgan fingerprint density at radius 1 is 1.53 bits per heavy atom. The van der Waals surface area contributed by atoms with Gasteiger partial charge in [-0.3, -0.25) is 0 Å². The zero-order valence-electron chi connectivity index (χ0n) is 10.4. The van der Waals surface area contributed by atoms with Gasteiger partial charge in [0.25, 0.3) is 0 Å². The lowest BCUT2D eigenvalue weighted by atomic mass is 10.1. The van der Waals surface area contributed by atoms with Crippen molar-refractivity contribution < 1.29 is 19.2 Å². The van der Waals surface area contributed by atoms with Gasteiger partial charge in [-0.25, -0.2) is 4.79 Å². The molecule has 0 fully saturated rings. The van der Waals surface area contributed by atoms with E-state index in [1.165, 1.54) is 0 Å². The number of carboxylic acids is 1. The van der Waals surface area contributed by atoms with Crippen LogP contribution in [0.25, 0.3) is 11.3 Å². The zero-order chi connectivity index (χ0) is 14.0. The number of aromatic nitrogens is 1. The number of hydrogen-bond acceptors (Lipinski definition) is 4. The number of nitrogens with zero attached hydrogens (tertiary/aromatic N) is 1. The molecule has 0 aliphatic rings. The molecular weight excluding hydrogens is 314 g/mol. The average molecular weight is 326 g/mol. The Bertz CT molecular complexity index is 621. The van der Waals surface area contributed by atoms with Crippen molar-refractivity contribution in [2.75, 3.05) is 7.11 Å². The fourth-order valence-corrected chi connectivity index (χ4v) is 2.33. The molecule has 100 valence electrons. The van der Waals surface area contributed by atoms with E-state index in [2.05, 4.69) is 21.1 Å². The summed E-state index contributed by atoms with van der Waals surface area (Å²) in [5.41, 5.74) is 1.63. The summed E-state index contributed by atoms with van der Waals surface area (Å²) in [5, 5.41) is 12.5. The van der Waals surface area contributed by atoms with Crippen molar-refractivity contribution in [2.24, 2.45) is 0 Å². The minimum absolute atomic E-state index is 0.135. The molecular formula is C13H12BrNO4. The van der Waals surface area contributed by atoms with Crippen LogP contribution in [0.4, 0.5) is 0 Å². The van der Waals surface area contributed by atoms with E-state index in [0.717, 1.165) is 23.3 Å². The first-order valence-electron chi connectivity index (χ1n) is 5.64. The molecule has 5 nitrogen and oxygen atoms in total. The normalized spacial score (nSPS) is 10.5. The number of carboxylic acid groups (broad SMARTS) is 1. The highest BCUT2D eigenvalue weighted by molar-refractivity contribution is 9.10. The van der Waals surface area contributed by atoms with E-state index >= 15 is 0 Å². The number of methoxy groups -OCH3 is 1. The lowest BCUT2D eigenvalue weighted by molar-refractivity contribution is 0.0685. The van der Waals surface area contributed by atoms with Crippen LogP contribution in [0.15, 0.2) is 27.2 Å². The van der Waals surface area contributed by atoms with Gasteiger partial charge in [0.15, 0.2) is 5.76 Å². The summed E-state index contributed by atoms with van der Waals surface area (Å²) >= 11 is 3.20. The maximum Gasteiger partial charge on any atom is 0.359 e. The van der Waals surface area contributed by atoms with Crippen LogP contribution in [0.2, 0.25) is 0 Å². The van der Waals surface area contributed by atoms with Crippen LogP contribution in [0.5, 0.6) is 5.75 Å². The number of hydrogen-bond donors (Lipinski definition) is 1. The maximum absolute atomic E-state index is 10.9. The molecule has 1 N–H and O–H groups in total. The fraction of sp³-hybridized carbons (Fsp3) is 0.231. The third-order valence-corrected chi connectivity index (χ3v) is 3.50. The molecule has 0 atom stereocenters. The van der Waals surface area contributed by atoms with Crippen molar-refractivity contribution in [1.82, 2.24) is 5.16 Å². The number of aryl methyl sites for hydroxylation is 1. The fourth-order valence-electron chi connectivity index (χ4n) is 1.79. The van der Waals surface area contributed by atoms with Crippen molar-refractivity contribution in [2.45, 2.75) is 13.3 Å². The lowest BCUT2D eigenvalue weighted by Gasteiger charge is -2.07. The van der Waals surface area contributed by atoms with E-state index in [0.29, 0.717) is 10.2 Å². The number of aromatic carboxylic acids is 1. The van der Waals surface area contributed by atoms with E-state index in [1.54, 1.807) is 13.2 Å². The first-order chi connectivity index (χ1) is 9.08. The van der Waals surface area contributed by atoms with Gasteiger partial charge in [-0.15, -0.1) is 0 Å². The Morgan fingerprint density at radius 2 is 2.26 bits per heavy atom. The van der Waals surface area contributed by atoms with Crippen LogP contribution in [-0.2, 0) is 6.42 Å². The van der Waals surface area contributed by atoms with Gasteiger partial charge in [0, 0.05) is 5.56 Å². The second-order valence-corrected chi connectivity index (χ2v) is 4.65. The molecule has 1 heterocycles. The molecule has 19 heavy (non-hydrogen) atoms. The summed E-state index contributed by atoms with van der Waals surface area (Å²) in [7, 11) is 1.61. The van der Waals surface area contributed by atoms with E-state index in [4.69, 9.17) is 14.4 Å². The number of rotatable bonds is 4. The Morgan fingerprint density at radius 3 is 2.79 bits per heavy atom. The van der Waals surface area contributed by atoms with E-state index in [-0.39, 0.29) is 5.69 Å². The van der Waals surface area contributed by atoms with Crippen molar-refractivity contribution >= 4 is 21.9 Å². The lowest BCUT2D eigenvalue weighted by Crippen LogP contribution is -1.96. The third-order valence-electron chi connectivity index (χ3n) is 2.76. The minimum atomic E-state index is -1.13.